The minimum atomic E-state index is -0.173. The van der Waals surface area contributed by atoms with Gasteiger partial charge in [0.1, 0.15) is 5.52 Å². The van der Waals surface area contributed by atoms with Crippen molar-refractivity contribution in [2.45, 2.75) is 19.1 Å². The van der Waals surface area contributed by atoms with Crippen LogP contribution in [0.4, 0.5) is 5.69 Å². The lowest BCUT2D eigenvalue weighted by Crippen LogP contribution is -2.15. The monoisotopic (exact) mass is 379 g/mol. The maximum absolute atomic E-state index is 12.3. The predicted molar refractivity (Wildman–Crippen MR) is 107 cm³/mol. The number of oxazole rings is 1. The van der Waals surface area contributed by atoms with E-state index >= 15 is 0 Å². The van der Waals surface area contributed by atoms with Gasteiger partial charge in [0.15, 0.2) is 5.58 Å². The molecular formula is C20H17N3O3S. The molecule has 1 amide bonds. The summed E-state index contributed by atoms with van der Waals surface area (Å²) in [6, 6.07) is 13.0. The van der Waals surface area contributed by atoms with Crippen LogP contribution >= 0.6 is 11.8 Å². The Morgan fingerprint density at radius 2 is 2.00 bits per heavy atom. The van der Waals surface area contributed by atoms with E-state index in [2.05, 4.69) is 15.3 Å². The second kappa shape index (κ2) is 6.92. The van der Waals surface area contributed by atoms with E-state index in [9.17, 15) is 9.59 Å². The average molecular weight is 379 g/mol. The molecule has 0 radical (unpaired) electrons. The zero-order chi connectivity index (χ0) is 19.0. The Hall–Kier alpha value is -3.06. The number of para-hydroxylation sites is 2. The first-order valence-corrected chi connectivity index (χ1v) is 9.41. The van der Waals surface area contributed by atoms with Crippen LogP contribution in [-0.4, -0.2) is 21.6 Å². The summed E-state index contributed by atoms with van der Waals surface area (Å²) in [5.74, 6) is 0.00156. The molecule has 0 aliphatic heterocycles. The number of amides is 1. The first kappa shape index (κ1) is 17.4. The first-order chi connectivity index (χ1) is 13.0. The summed E-state index contributed by atoms with van der Waals surface area (Å²) in [6.07, 6.45) is 0. The predicted octanol–water partition coefficient (Wildman–Crippen LogP) is 4.02. The second-order valence-electron chi connectivity index (χ2n) is 6.25. The van der Waals surface area contributed by atoms with E-state index < -0.39 is 0 Å². The number of carbonyl (C=O) groups excluding carboxylic acids is 1. The van der Waals surface area contributed by atoms with Crippen molar-refractivity contribution in [3.8, 4) is 0 Å². The number of pyridine rings is 1. The molecule has 2 aromatic heterocycles. The van der Waals surface area contributed by atoms with Crippen LogP contribution < -0.4 is 10.9 Å². The number of aromatic amines is 1. The van der Waals surface area contributed by atoms with Gasteiger partial charge in [-0.25, -0.2) is 4.98 Å². The highest BCUT2D eigenvalue weighted by Gasteiger charge is 2.11. The summed E-state index contributed by atoms with van der Waals surface area (Å²) in [6.45, 7) is 3.72. The smallest absolute Gasteiger partial charge is 0.257 e. The molecular weight excluding hydrogens is 362 g/mol. The molecule has 136 valence electrons. The molecule has 0 unspecified atom stereocenters. The van der Waals surface area contributed by atoms with Crippen molar-refractivity contribution in [1.82, 2.24) is 9.97 Å². The number of H-pyrrole nitrogens is 1. The number of anilines is 1. The van der Waals surface area contributed by atoms with Gasteiger partial charge in [0.05, 0.1) is 11.3 Å². The molecule has 0 atom stereocenters. The molecule has 7 heteroatoms. The number of carbonyl (C=O) groups is 1. The Morgan fingerprint density at radius 3 is 2.81 bits per heavy atom. The van der Waals surface area contributed by atoms with Crippen LogP contribution in [0, 0.1) is 13.8 Å². The van der Waals surface area contributed by atoms with E-state index in [1.165, 1.54) is 11.8 Å². The summed E-state index contributed by atoms with van der Waals surface area (Å²) >= 11 is 1.24. The van der Waals surface area contributed by atoms with Crippen molar-refractivity contribution in [2.75, 3.05) is 11.1 Å². The zero-order valence-corrected chi connectivity index (χ0v) is 15.6. The van der Waals surface area contributed by atoms with Gasteiger partial charge >= 0.3 is 0 Å². The van der Waals surface area contributed by atoms with Crippen LogP contribution in [0.1, 0.15) is 11.1 Å². The standard InChI is InChI=1S/C20H17N3O3S/c1-11-12(2)19(25)22-16-9-13(7-8-14(11)16)21-18(24)10-27-20-23-15-5-3-4-6-17(15)26-20/h3-9H,10H2,1-2H3,(H,21,24)(H,22,25). The molecule has 0 aliphatic rings. The number of aryl methyl sites for hydroxylation is 1. The Kier molecular flexibility index (Phi) is 4.45. The van der Waals surface area contributed by atoms with Crippen molar-refractivity contribution in [3.05, 3.63) is 63.9 Å². The van der Waals surface area contributed by atoms with E-state index in [4.69, 9.17) is 4.42 Å². The van der Waals surface area contributed by atoms with Crippen LogP contribution in [0.2, 0.25) is 0 Å². The highest BCUT2D eigenvalue weighted by Crippen LogP contribution is 2.24. The maximum Gasteiger partial charge on any atom is 0.257 e. The molecule has 0 saturated heterocycles. The van der Waals surface area contributed by atoms with Gasteiger partial charge in [0.25, 0.3) is 10.8 Å². The molecule has 4 rings (SSSR count). The topological polar surface area (TPSA) is 88.0 Å². The van der Waals surface area contributed by atoms with Gasteiger partial charge in [-0.15, -0.1) is 0 Å². The highest BCUT2D eigenvalue weighted by molar-refractivity contribution is 7.99. The van der Waals surface area contributed by atoms with Crippen LogP contribution in [-0.2, 0) is 4.79 Å². The van der Waals surface area contributed by atoms with Gasteiger partial charge in [-0.1, -0.05) is 30.0 Å². The van der Waals surface area contributed by atoms with E-state index in [1.807, 2.05) is 43.3 Å². The molecule has 0 fully saturated rings. The van der Waals surface area contributed by atoms with Gasteiger partial charge in [0.2, 0.25) is 5.91 Å². The first-order valence-electron chi connectivity index (χ1n) is 8.43. The lowest BCUT2D eigenvalue weighted by molar-refractivity contribution is -0.113. The number of hydrogen-bond acceptors (Lipinski definition) is 5. The van der Waals surface area contributed by atoms with E-state index in [-0.39, 0.29) is 17.2 Å². The fourth-order valence-electron chi connectivity index (χ4n) is 2.88. The van der Waals surface area contributed by atoms with Gasteiger partial charge in [-0.2, -0.15) is 0 Å². The number of fused-ring (bicyclic) bond motifs is 2. The van der Waals surface area contributed by atoms with Crippen LogP contribution in [0.15, 0.2) is 56.9 Å². The highest BCUT2D eigenvalue weighted by atomic mass is 32.2. The molecule has 0 aliphatic carbocycles. The number of nitrogens with zero attached hydrogens (tertiary/aromatic N) is 1. The molecule has 2 heterocycles. The lowest BCUT2D eigenvalue weighted by atomic mass is 10.1. The second-order valence-corrected chi connectivity index (χ2v) is 7.18. The lowest BCUT2D eigenvalue weighted by Gasteiger charge is -2.08. The summed E-state index contributed by atoms with van der Waals surface area (Å²) in [5, 5.41) is 4.26. The van der Waals surface area contributed by atoms with Crippen LogP contribution in [0.5, 0.6) is 0 Å². The maximum atomic E-state index is 12.3. The van der Waals surface area contributed by atoms with Gasteiger partial charge in [-0.05, 0) is 43.7 Å². The molecule has 0 saturated carbocycles. The fraction of sp³-hybridized carbons (Fsp3) is 0.150. The largest absolute Gasteiger partial charge is 0.431 e. The Morgan fingerprint density at radius 1 is 1.19 bits per heavy atom. The number of benzene rings is 2. The Bertz CT molecular complexity index is 1190. The Balaban J connectivity index is 1.47. The van der Waals surface area contributed by atoms with Gasteiger partial charge in [-0.3, -0.25) is 9.59 Å². The third-order valence-electron chi connectivity index (χ3n) is 4.46. The molecule has 4 aromatic rings. The zero-order valence-electron chi connectivity index (χ0n) is 14.8. The van der Waals surface area contributed by atoms with Crippen LogP contribution in [0.25, 0.3) is 22.0 Å². The molecule has 6 nitrogen and oxygen atoms in total. The molecule has 2 N–H and O–H groups in total. The SMILES string of the molecule is Cc1c(C)c2ccc(NC(=O)CSc3nc4ccccc4o3)cc2[nH]c1=O. The summed E-state index contributed by atoms with van der Waals surface area (Å²) in [4.78, 5) is 31.4. The number of aromatic nitrogens is 2. The minimum Gasteiger partial charge on any atom is -0.431 e. The number of thioether (sulfide) groups is 1. The number of nitrogens with one attached hydrogen (secondary N) is 2. The number of rotatable bonds is 4. The van der Waals surface area contributed by atoms with E-state index in [0.717, 1.165) is 16.5 Å². The summed E-state index contributed by atoms with van der Waals surface area (Å²) < 4.78 is 5.60. The third-order valence-corrected chi connectivity index (χ3v) is 5.29. The molecule has 0 spiro atoms. The molecule has 0 bridgehead atoms. The van der Waals surface area contributed by atoms with Gasteiger partial charge in [0, 0.05) is 16.6 Å². The summed E-state index contributed by atoms with van der Waals surface area (Å²) in [7, 11) is 0. The Labute approximate surface area is 159 Å². The summed E-state index contributed by atoms with van der Waals surface area (Å²) in [5.41, 5.74) is 4.33. The molecule has 2 aromatic carbocycles. The van der Waals surface area contributed by atoms with E-state index in [1.54, 1.807) is 13.0 Å². The number of hydrogen-bond donors (Lipinski definition) is 2. The van der Waals surface area contributed by atoms with Crippen LogP contribution in [0.3, 0.4) is 0 Å². The van der Waals surface area contributed by atoms with Crippen molar-refractivity contribution < 1.29 is 9.21 Å². The van der Waals surface area contributed by atoms with Gasteiger partial charge < -0.3 is 14.7 Å². The van der Waals surface area contributed by atoms with Crippen molar-refractivity contribution in [3.63, 3.8) is 0 Å². The third kappa shape index (κ3) is 3.46. The van der Waals surface area contributed by atoms with Crippen molar-refractivity contribution in [1.29, 1.82) is 0 Å². The normalized spacial score (nSPS) is 11.2. The van der Waals surface area contributed by atoms with E-state index in [0.29, 0.717) is 27.6 Å². The quantitative estimate of drug-likeness (QED) is 0.523. The van der Waals surface area contributed by atoms with Crippen molar-refractivity contribution in [2.24, 2.45) is 0 Å². The average Bonchev–Trinajstić information content (AvgIpc) is 3.07. The van der Waals surface area contributed by atoms with Crippen molar-refractivity contribution >= 4 is 45.4 Å². The fourth-order valence-corrected chi connectivity index (χ4v) is 3.52. The minimum absolute atomic E-state index is 0.116. The molecule has 27 heavy (non-hydrogen) atoms.